The van der Waals surface area contributed by atoms with Crippen LogP contribution in [-0.2, 0) is 28.6 Å². The van der Waals surface area contributed by atoms with Crippen molar-refractivity contribution in [3.05, 3.63) is 36.5 Å². The van der Waals surface area contributed by atoms with Crippen molar-refractivity contribution in [3.63, 3.8) is 0 Å². The minimum Gasteiger partial charge on any atom is -0.462 e. The maximum Gasteiger partial charge on any atom is 0.306 e. The number of esters is 3. The molecule has 0 aromatic heterocycles. The van der Waals surface area contributed by atoms with E-state index in [-0.39, 0.29) is 31.1 Å². The zero-order chi connectivity index (χ0) is 50.0. The van der Waals surface area contributed by atoms with Gasteiger partial charge in [0.05, 0.1) is 0 Å². The third-order valence-corrected chi connectivity index (χ3v) is 13.6. The van der Waals surface area contributed by atoms with Crippen molar-refractivity contribution in [2.75, 3.05) is 13.2 Å². The monoisotopic (exact) mass is 969 g/mol. The lowest BCUT2D eigenvalue weighted by Crippen LogP contribution is -2.30. The Balaban J connectivity index is 4.34. The quantitative estimate of drug-likeness (QED) is 0.0261. The molecule has 0 aromatic carbocycles. The van der Waals surface area contributed by atoms with Crippen LogP contribution in [0.1, 0.15) is 329 Å². The number of ether oxygens (including phenoxy) is 3. The smallest absolute Gasteiger partial charge is 0.306 e. The second kappa shape index (κ2) is 58.2. The molecule has 0 amide bonds. The number of allylic oxidation sites excluding steroid dienone is 6. The van der Waals surface area contributed by atoms with Gasteiger partial charge in [0.25, 0.3) is 0 Å². The standard InChI is InChI=1S/C63H116O6/c1-4-7-10-13-16-19-22-25-27-29-31-33-35-38-41-44-47-50-53-56-62(65)68-59-60(58-67-61(64)55-52-49-46-43-40-37-24-21-18-15-12-9-6-3)69-63(66)57-54-51-48-45-42-39-36-34-32-30-28-26-23-20-17-14-11-8-5-2/h21,24,29-32,60H,4-20,22-23,25-28,33-59H2,1-3H3/b24-21-,31-29-,32-30-/t60-/m1/s1. The van der Waals surface area contributed by atoms with Gasteiger partial charge in [-0.2, -0.15) is 0 Å². The van der Waals surface area contributed by atoms with Crippen LogP contribution in [0.15, 0.2) is 36.5 Å². The molecule has 6 nitrogen and oxygen atoms in total. The highest BCUT2D eigenvalue weighted by Gasteiger charge is 2.19. The van der Waals surface area contributed by atoms with Gasteiger partial charge in [0.2, 0.25) is 0 Å². The molecule has 0 saturated heterocycles. The van der Waals surface area contributed by atoms with E-state index in [1.807, 2.05) is 0 Å². The summed E-state index contributed by atoms with van der Waals surface area (Å²) in [6.07, 6.45) is 70.0. The predicted octanol–water partition coefficient (Wildman–Crippen LogP) is 20.4. The Morgan fingerprint density at radius 3 is 0.739 bits per heavy atom. The van der Waals surface area contributed by atoms with Gasteiger partial charge in [-0.05, 0) is 96.3 Å². The summed E-state index contributed by atoms with van der Waals surface area (Å²) in [5.74, 6) is -0.876. The Hall–Kier alpha value is -2.37. The minimum atomic E-state index is -0.778. The van der Waals surface area contributed by atoms with Crippen LogP contribution in [0.4, 0.5) is 0 Å². The van der Waals surface area contributed by atoms with Crippen LogP contribution < -0.4 is 0 Å². The highest BCUT2D eigenvalue weighted by atomic mass is 16.6. The van der Waals surface area contributed by atoms with Gasteiger partial charge in [-0.25, -0.2) is 0 Å². The molecule has 0 aliphatic rings. The van der Waals surface area contributed by atoms with Crippen molar-refractivity contribution in [2.45, 2.75) is 335 Å². The number of carbonyl (C=O) groups excluding carboxylic acids is 3. The van der Waals surface area contributed by atoms with E-state index in [0.717, 1.165) is 64.2 Å². The van der Waals surface area contributed by atoms with E-state index in [1.165, 1.54) is 225 Å². The molecule has 0 spiro atoms. The van der Waals surface area contributed by atoms with Gasteiger partial charge in [-0.3, -0.25) is 14.4 Å². The first-order chi connectivity index (χ1) is 34.0. The minimum absolute atomic E-state index is 0.0764. The molecule has 0 bridgehead atoms. The summed E-state index contributed by atoms with van der Waals surface area (Å²) in [6, 6.07) is 0. The molecule has 0 heterocycles. The molecule has 69 heavy (non-hydrogen) atoms. The molecule has 0 rings (SSSR count). The Labute approximate surface area is 429 Å². The van der Waals surface area contributed by atoms with Gasteiger partial charge in [0.15, 0.2) is 6.10 Å². The number of hydrogen-bond donors (Lipinski definition) is 0. The second-order valence-corrected chi connectivity index (χ2v) is 20.6. The summed E-state index contributed by atoms with van der Waals surface area (Å²) < 4.78 is 16.9. The number of rotatable bonds is 56. The average Bonchev–Trinajstić information content (AvgIpc) is 3.35. The maximum atomic E-state index is 12.9. The normalized spacial score (nSPS) is 12.2. The molecule has 0 N–H and O–H groups in total. The molecule has 0 unspecified atom stereocenters. The summed E-state index contributed by atoms with van der Waals surface area (Å²) in [4.78, 5) is 38.2. The lowest BCUT2D eigenvalue weighted by atomic mass is 10.1. The molecule has 0 aromatic rings. The molecule has 0 aliphatic carbocycles. The average molecular weight is 970 g/mol. The first-order valence-electron chi connectivity index (χ1n) is 30.5. The number of unbranched alkanes of at least 4 members (excludes halogenated alkanes) is 39. The van der Waals surface area contributed by atoms with Crippen LogP contribution in [0.2, 0.25) is 0 Å². The van der Waals surface area contributed by atoms with Crippen molar-refractivity contribution in [3.8, 4) is 0 Å². The van der Waals surface area contributed by atoms with Crippen molar-refractivity contribution in [1.29, 1.82) is 0 Å². The summed E-state index contributed by atoms with van der Waals surface area (Å²) in [5, 5.41) is 0. The number of carbonyl (C=O) groups is 3. The Kier molecular flexibility index (Phi) is 56.2. The summed E-state index contributed by atoms with van der Waals surface area (Å²) in [6.45, 7) is 6.65. The summed E-state index contributed by atoms with van der Waals surface area (Å²) >= 11 is 0. The van der Waals surface area contributed by atoms with Crippen molar-refractivity contribution >= 4 is 17.9 Å². The van der Waals surface area contributed by atoms with Crippen LogP contribution >= 0.6 is 0 Å². The van der Waals surface area contributed by atoms with Crippen LogP contribution in [0.25, 0.3) is 0 Å². The molecular weight excluding hydrogens is 853 g/mol. The van der Waals surface area contributed by atoms with E-state index >= 15 is 0 Å². The lowest BCUT2D eigenvalue weighted by molar-refractivity contribution is -0.167. The third kappa shape index (κ3) is 56.4. The van der Waals surface area contributed by atoms with Gasteiger partial charge in [0.1, 0.15) is 13.2 Å². The zero-order valence-corrected chi connectivity index (χ0v) is 46.3. The Morgan fingerprint density at radius 1 is 0.275 bits per heavy atom. The highest BCUT2D eigenvalue weighted by Crippen LogP contribution is 2.16. The van der Waals surface area contributed by atoms with Gasteiger partial charge < -0.3 is 14.2 Å². The topological polar surface area (TPSA) is 78.9 Å². The van der Waals surface area contributed by atoms with Crippen LogP contribution in [-0.4, -0.2) is 37.2 Å². The van der Waals surface area contributed by atoms with Gasteiger partial charge >= 0.3 is 17.9 Å². The second-order valence-electron chi connectivity index (χ2n) is 20.6. The van der Waals surface area contributed by atoms with Crippen LogP contribution in [0, 0.1) is 0 Å². The Bertz CT molecular complexity index is 1160. The third-order valence-electron chi connectivity index (χ3n) is 13.6. The maximum absolute atomic E-state index is 12.9. The first-order valence-corrected chi connectivity index (χ1v) is 30.5. The van der Waals surface area contributed by atoms with Crippen LogP contribution in [0.5, 0.6) is 0 Å². The molecular formula is C63H116O6. The van der Waals surface area contributed by atoms with E-state index < -0.39 is 6.10 Å². The largest absolute Gasteiger partial charge is 0.462 e. The van der Waals surface area contributed by atoms with Crippen LogP contribution in [0.3, 0.4) is 0 Å². The Morgan fingerprint density at radius 2 is 0.478 bits per heavy atom. The fourth-order valence-corrected chi connectivity index (χ4v) is 8.96. The molecule has 0 aliphatic heterocycles. The van der Waals surface area contributed by atoms with Gasteiger partial charge in [-0.15, -0.1) is 0 Å². The first kappa shape index (κ1) is 66.6. The molecule has 0 radical (unpaired) electrons. The predicted molar refractivity (Wildman–Crippen MR) is 298 cm³/mol. The van der Waals surface area contributed by atoms with Crippen molar-refractivity contribution < 1.29 is 28.6 Å². The van der Waals surface area contributed by atoms with E-state index in [0.29, 0.717) is 19.3 Å². The fraction of sp³-hybridized carbons (Fsp3) is 0.857. The van der Waals surface area contributed by atoms with E-state index in [1.54, 1.807) is 0 Å². The molecule has 404 valence electrons. The number of hydrogen-bond acceptors (Lipinski definition) is 6. The van der Waals surface area contributed by atoms with E-state index in [9.17, 15) is 14.4 Å². The fourth-order valence-electron chi connectivity index (χ4n) is 8.96. The molecule has 1 atom stereocenters. The molecule has 6 heteroatoms. The van der Waals surface area contributed by atoms with Crippen molar-refractivity contribution in [2.24, 2.45) is 0 Å². The van der Waals surface area contributed by atoms with Gasteiger partial charge in [-0.1, -0.05) is 250 Å². The van der Waals surface area contributed by atoms with Crippen molar-refractivity contribution in [1.82, 2.24) is 0 Å². The van der Waals surface area contributed by atoms with E-state index in [4.69, 9.17) is 14.2 Å². The summed E-state index contributed by atoms with van der Waals surface area (Å²) in [5.41, 5.74) is 0. The summed E-state index contributed by atoms with van der Waals surface area (Å²) in [7, 11) is 0. The van der Waals surface area contributed by atoms with E-state index in [2.05, 4.69) is 57.2 Å². The van der Waals surface area contributed by atoms with Gasteiger partial charge in [0, 0.05) is 19.3 Å². The lowest BCUT2D eigenvalue weighted by Gasteiger charge is -2.18. The molecule has 0 fully saturated rings. The molecule has 0 saturated carbocycles. The SMILES string of the molecule is CCCCCC/C=C\CCCCCCCC(=O)OC[C@H](COC(=O)CCCCCCCCC/C=C\CCCCCCCCCC)OC(=O)CCCCCCCCC/C=C\CCCCCCCCCC. The highest BCUT2D eigenvalue weighted by molar-refractivity contribution is 5.71. The zero-order valence-electron chi connectivity index (χ0n) is 46.3.